The van der Waals surface area contributed by atoms with Crippen LogP contribution >= 0.6 is 23.4 Å². The fraction of sp³-hybridized carbons (Fsp3) is 0.200. The fourth-order valence-electron chi connectivity index (χ4n) is 3.98. The van der Waals surface area contributed by atoms with Crippen molar-refractivity contribution in [1.82, 2.24) is 14.5 Å². The number of aryl methyl sites for hydroxylation is 1. The second-order valence-electron chi connectivity index (χ2n) is 7.81. The van der Waals surface area contributed by atoms with Gasteiger partial charge in [0.15, 0.2) is 16.7 Å². The molecule has 1 atom stereocenters. The minimum atomic E-state index is -0.580. The summed E-state index contributed by atoms with van der Waals surface area (Å²) in [7, 11) is 0. The molecular weight excluding hydrogens is 458 g/mol. The number of hydrogen-bond donors (Lipinski definition) is 1. The van der Waals surface area contributed by atoms with Crippen LogP contribution in [0.15, 0.2) is 58.5 Å². The molecule has 6 nitrogen and oxygen atoms in total. The number of H-pyrrole nitrogens is 1. The Kier molecular flexibility index (Phi) is 6.28. The normalized spacial score (nSPS) is 12.2. The number of aromatic amines is 1. The van der Waals surface area contributed by atoms with E-state index >= 15 is 0 Å². The molecule has 0 bridgehead atoms. The van der Waals surface area contributed by atoms with E-state index in [2.05, 4.69) is 4.98 Å². The smallest absolute Gasteiger partial charge is 0.266 e. The van der Waals surface area contributed by atoms with Crippen LogP contribution in [-0.2, 0) is 0 Å². The molecular formula is C25H22ClN3O3S. The average molecular weight is 480 g/mol. The lowest BCUT2D eigenvalue weighted by atomic mass is 10.0. The van der Waals surface area contributed by atoms with Gasteiger partial charge in [-0.05, 0) is 57.5 Å². The summed E-state index contributed by atoms with van der Waals surface area (Å²) >= 11 is 7.60. The average Bonchev–Trinajstić information content (AvgIpc) is 3.08. The number of nitrogens with zero attached hydrogens (tertiary/aromatic N) is 2. The summed E-state index contributed by atoms with van der Waals surface area (Å²) in [6, 6.07) is 14.1. The molecule has 1 N–H and O–H groups in total. The molecule has 0 fully saturated rings. The molecule has 0 saturated carbocycles. The number of rotatable bonds is 6. The third-order valence-electron chi connectivity index (χ3n) is 5.53. The molecule has 4 rings (SSSR count). The third kappa shape index (κ3) is 4.14. The Bertz CT molecular complexity index is 1470. The number of carbonyl (C=O) groups is 2. The number of carbonyl (C=O) groups excluding carboxylic acids is 2. The number of hydrogen-bond acceptors (Lipinski definition) is 5. The minimum Gasteiger partial charge on any atom is -0.355 e. The first kappa shape index (κ1) is 23.0. The van der Waals surface area contributed by atoms with Crippen LogP contribution in [-0.4, -0.2) is 31.4 Å². The van der Waals surface area contributed by atoms with Crippen molar-refractivity contribution in [3.05, 3.63) is 86.4 Å². The van der Waals surface area contributed by atoms with Gasteiger partial charge in [0.05, 0.1) is 32.6 Å². The summed E-state index contributed by atoms with van der Waals surface area (Å²) in [4.78, 5) is 46.5. The molecule has 0 aliphatic carbocycles. The fourth-order valence-corrected chi connectivity index (χ4v) is 5.18. The van der Waals surface area contributed by atoms with Gasteiger partial charge in [0.1, 0.15) is 0 Å². The second-order valence-corrected chi connectivity index (χ2v) is 9.52. The SMILES string of the molecule is CC(=O)c1c(C)[nH]c(C(=O)C(C)Sc2nc3ccccc3c(=O)n2-c2ccccc2Cl)c1C. The predicted octanol–water partition coefficient (Wildman–Crippen LogP) is 5.55. The molecule has 0 aliphatic heterocycles. The van der Waals surface area contributed by atoms with Gasteiger partial charge >= 0.3 is 0 Å². The Morgan fingerprint density at radius 1 is 1.09 bits per heavy atom. The van der Waals surface area contributed by atoms with Crippen molar-refractivity contribution in [1.29, 1.82) is 0 Å². The van der Waals surface area contributed by atoms with Crippen LogP contribution in [0.3, 0.4) is 0 Å². The number of thioether (sulfide) groups is 1. The van der Waals surface area contributed by atoms with Gasteiger partial charge in [-0.1, -0.05) is 47.6 Å². The van der Waals surface area contributed by atoms with E-state index in [0.717, 1.165) is 0 Å². The standard InChI is InChI=1S/C25H22ClN3O3S/c1-13-21(15(3)30)14(2)27-22(13)23(31)16(4)33-25-28-19-11-7-5-9-17(19)24(32)29(25)20-12-8-6-10-18(20)26/h5-12,16,27H,1-4H3. The lowest BCUT2D eigenvalue weighted by Gasteiger charge is -2.16. The van der Waals surface area contributed by atoms with E-state index in [0.29, 0.717) is 49.3 Å². The Labute approximate surface area is 200 Å². The molecule has 33 heavy (non-hydrogen) atoms. The topological polar surface area (TPSA) is 84.8 Å². The summed E-state index contributed by atoms with van der Waals surface area (Å²) in [5.41, 5.74) is 3.00. The Hall–Kier alpha value is -3.16. The van der Waals surface area contributed by atoms with E-state index in [9.17, 15) is 14.4 Å². The number of fused-ring (bicyclic) bond motifs is 1. The summed E-state index contributed by atoms with van der Waals surface area (Å²) < 4.78 is 1.45. The van der Waals surface area contributed by atoms with Crippen LogP contribution in [0, 0.1) is 13.8 Å². The number of para-hydroxylation sites is 2. The molecule has 8 heteroatoms. The van der Waals surface area contributed by atoms with Gasteiger partial charge < -0.3 is 4.98 Å². The number of Topliss-reactive ketones (excluding diaryl/α,β-unsaturated/α-hetero) is 2. The first-order chi connectivity index (χ1) is 15.7. The maximum Gasteiger partial charge on any atom is 0.266 e. The maximum atomic E-state index is 13.4. The van der Waals surface area contributed by atoms with Crippen LogP contribution in [0.2, 0.25) is 5.02 Å². The van der Waals surface area contributed by atoms with Crippen LogP contribution in [0.5, 0.6) is 0 Å². The van der Waals surface area contributed by atoms with Gasteiger partial charge in [0.25, 0.3) is 5.56 Å². The zero-order valence-electron chi connectivity index (χ0n) is 18.6. The van der Waals surface area contributed by atoms with E-state index < -0.39 is 5.25 Å². The third-order valence-corrected chi connectivity index (χ3v) is 6.90. The van der Waals surface area contributed by atoms with Gasteiger partial charge in [-0.3, -0.25) is 19.0 Å². The van der Waals surface area contributed by atoms with Crippen molar-refractivity contribution in [3.63, 3.8) is 0 Å². The van der Waals surface area contributed by atoms with Crippen LogP contribution < -0.4 is 5.56 Å². The molecule has 0 radical (unpaired) electrons. The molecule has 168 valence electrons. The van der Waals surface area contributed by atoms with E-state index in [1.54, 1.807) is 63.2 Å². The van der Waals surface area contributed by atoms with E-state index in [4.69, 9.17) is 16.6 Å². The van der Waals surface area contributed by atoms with Crippen LogP contribution in [0.25, 0.3) is 16.6 Å². The van der Waals surface area contributed by atoms with Crippen molar-refractivity contribution < 1.29 is 9.59 Å². The molecule has 2 aromatic heterocycles. The first-order valence-electron chi connectivity index (χ1n) is 10.4. The predicted molar refractivity (Wildman–Crippen MR) is 132 cm³/mol. The zero-order chi connectivity index (χ0) is 23.9. The van der Waals surface area contributed by atoms with Gasteiger partial charge in [0.2, 0.25) is 0 Å². The molecule has 2 heterocycles. The number of aromatic nitrogens is 3. The number of ketones is 2. The summed E-state index contributed by atoms with van der Waals surface area (Å²) in [6.07, 6.45) is 0. The highest BCUT2D eigenvalue weighted by Gasteiger charge is 2.26. The molecule has 4 aromatic rings. The Balaban J connectivity index is 1.82. The highest BCUT2D eigenvalue weighted by Crippen LogP contribution is 2.30. The zero-order valence-corrected chi connectivity index (χ0v) is 20.2. The molecule has 0 saturated heterocycles. The van der Waals surface area contributed by atoms with Gasteiger partial charge in [-0.15, -0.1) is 0 Å². The molecule has 0 amide bonds. The van der Waals surface area contributed by atoms with Crippen molar-refractivity contribution in [2.75, 3.05) is 0 Å². The van der Waals surface area contributed by atoms with Crippen molar-refractivity contribution in [2.45, 2.75) is 38.1 Å². The number of halogens is 1. The van der Waals surface area contributed by atoms with Gasteiger partial charge in [-0.25, -0.2) is 4.98 Å². The van der Waals surface area contributed by atoms with Crippen molar-refractivity contribution in [2.24, 2.45) is 0 Å². The summed E-state index contributed by atoms with van der Waals surface area (Å²) in [6.45, 7) is 6.78. The van der Waals surface area contributed by atoms with Gasteiger partial charge in [0, 0.05) is 11.3 Å². The number of nitrogens with one attached hydrogen (secondary N) is 1. The minimum absolute atomic E-state index is 0.0932. The summed E-state index contributed by atoms with van der Waals surface area (Å²) in [5.74, 6) is -0.273. The highest BCUT2D eigenvalue weighted by molar-refractivity contribution is 8.00. The van der Waals surface area contributed by atoms with Crippen LogP contribution in [0.4, 0.5) is 0 Å². The largest absolute Gasteiger partial charge is 0.355 e. The Morgan fingerprint density at radius 2 is 1.76 bits per heavy atom. The molecule has 0 aliphatic rings. The Morgan fingerprint density at radius 3 is 2.42 bits per heavy atom. The van der Waals surface area contributed by atoms with E-state index in [1.165, 1.54) is 23.3 Å². The molecule has 0 spiro atoms. The van der Waals surface area contributed by atoms with Gasteiger partial charge in [-0.2, -0.15) is 0 Å². The maximum absolute atomic E-state index is 13.4. The van der Waals surface area contributed by atoms with Crippen molar-refractivity contribution in [3.8, 4) is 5.69 Å². The monoisotopic (exact) mass is 479 g/mol. The van der Waals surface area contributed by atoms with Crippen molar-refractivity contribution >= 4 is 45.8 Å². The lowest BCUT2D eigenvalue weighted by molar-refractivity contribution is 0.0988. The van der Waals surface area contributed by atoms with E-state index in [-0.39, 0.29) is 17.1 Å². The van der Waals surface area contributed by atoms with E-state index in [1.807, 2.05) is 6.07 Å². The first-order valence-corrected chi connectivity index (χ1v) is 11.6. The lowest BCUT2D eigenvalue weighted by Crippen LogP contribution is -2.24. The molecule has 1 unspecified atom stereocenters. The number of benzene rings is 2. The summed E-state index contributed by atoms with van der Waals surface area (Å²) in [5, 5.41) is 0.644. The second kappa shape index (κ2) is 9.00. The quantitative estimate of drug-likeness (QED) is 0.222. The highest BCUT2D eigenvalue weighted by atomic mass is 35.5. The molecule has 2 aromatic carbocycles. The van der Waals surface area contributed by atoms with Crippen LogP contribution in [0.1, 0.15) is 46.0 Å².